The van der Waals surface area contributed by atoms with Gasteiger partial charge in [0, 0.05) is 12.6 Å². The van der Waals surface area contributed by atoms with Crippen molar-refractivity contribution in [2.24, 2.45) is 0 Å². The van der Waals surface area contributed by atoms with E-state index in [1.165, 1.54) is 0 Å². The third kappa shape index (κ3) is 4.17. The molecule has 2 aromatic rings. The van der Waals surface area contributed by atoms with E-state index in [-0.39, 0.29) is 18.1 Å². The number of hydrogen-bond acceptors (Lipinski definition) is 5. The molecule has 1 unspecified atom stereocenters. The maximum absolute atomic E-state index is 12.5. The minimum atomic E-state index is -0.169. The molecule has 25 heavy (non-hydrogen) atoms. The fraction of sp³-hybridized carbons (Fsp3) is 0.500. The second-order valence-electron chi connectivity index (χ2n) is 6.61. The van der Waals surface area contributed by atoms with E-state index in [1.807, 2.05) is 45.0 Å². The summed E-state index contributed by atoms with van der Waals surface area (Å²) in [7, 11) is 0. The van der Waals surface area contributed by atoms with Crippen molar-refractivity contribution < 1.29 is 9.53 Å². The zero-order valence-electron chi connectivity index (χ0n) is 15.0. The summed E-state index contributed by atoms with van der Waals surface area (Å²) >= 11 is 0. The zero-order chi connectivity index (χ0) is 17.8. The number of nitrogens with one attached hydrogen (secondary N) is 2. The van der Waals surface area contributed by atoms with Gasteiger partial charge in [0.25, 0.3) is 5.91 Å². The number of ether oxygens (including phenoxy) is 1. The lowest BCUT2D eigenvalue weighted by molar-refractivity contribution is 0.0925. The Bertz CT molecular complexity index is 718. The highest BCUT2D eigenvalue weighted by molar-refractivity contribution is 5.93. The van der Waals surface area contributed by atoms with Crippen molar-refractivity contribution in [3.8, 4) is 11.4 Å². The van der Waals surface area contributed by atoms with E-state index < -0.39 is 0 Å². The minimum absolute atomic E-state index is 0.128. The van der Waals surface area contributed by atoms with Crippen LogP contribution in [-0.4, -0.2) is 46.1 Å². The highest BCUT2D eigenvalue weighted by Gasteiger charge is 2.21. The van der Waals surface area contributed by atoms with Crippen LogP contribution in [0.3, 0.4) is 0 Å². The summed E-state index contributed by atoms with van der Waals surface area (Å²) in [6, 6.07) is 7.75. The molecule has 7 nitrogen and oxygen atoms in total. The van der Waals surface area contributed by atoms with E-state index in [1.54, 1.807) is 4.68 Å². The molecule has 7 heteroatoms. The molecule has 1 aromatic heterocycles. The molecule has 1 saturated heterocycles. The summed E-state index contributed by atoms with van der Waals surface area (Å²) in [6.45, 7) is 7.64. The summed E-state index contributed by atoms with van der Waals surface area (Å²) in [5.41, 5.74) is 1.94. The van der Waals surface area contributed by atoms with E-state index in [2.05, 4.69) is 20.9 Å². The Morgan fingerprint density at radius 2 is 2.12 bits per heavy atom. The second-order valence-corrected chi connectivity index (χ2v) is 6.61. The number of carbonyl (C=O) groups excluding carboxylic acids is 1. The van der Waals surface area contributed by atoms with Crippen molar-refractivity contribution in [3.63, 3.8) is 0 Å². The van der Waals surface area contributed by atoms with Gasteiger partial charge in [-0.3, -0.25) is 4.79 Å². The van der Waals surface area contributed by atoms with Crippen molar-refractivity contribution in [2.45, 2.75) is 45.8 Å². The monoisotopic (exact) mass is 343 g/mol. The lowest BCUT2D eigenvalue weighted by Crippen LogP contribution is -2.45. The largest absolute Gasteiger partial charge is 0.491 e. The molecular formula is C18H25N5O2. The Hall–Kier alpha value is -2.41. The van der Waals surface area contributed by atoms with Crippen LogP contribution >= 0.6 is 0 Å². The lowest BCUT2D eigenvalue weighted by atomic mass is 10.1. The van der Waals surface area contributed by atoms with Gasteiger partial charge in [0.05, 0.1) is 17.5 Å². The summed E-state index contributed by atoms with van der Waals surface area (Å²) in [4.78, 5) is 12.5. The van der Waals surface area contributed by atoms with Gasteiger partial charge >= 0.3 is 0 Å². The van der Waals surface area contributed by atoms with E-state index in [9.17, 15) is 4.79 Å². The number of hydrogen-bond donors (Lipinski definition) is 2. The predicted octanol–water partition coefficient (Wildman–Crippen LogP) is 1.84. The van der Waals surface area contributed by atoms with Gasteiger partial charge in [-0.15, -0.1) is 5.10 Å². The average Bonchev–Trinajstić information content (AvgIpc) is 2.98. The van der Waals surface area contributed by atoms with Crippen LogP contribution in [0.2, 0.25) is 0 Å². The van der Waals surface area contributed by atoms with Crippen LogP contribution in [0.15, 0.2) is 24.3 Å². The molecule has 134 valence electrons. The molecule has 1 atom stereocenters. The van der Waals surface area contributed by atoms with Gasteiger partial charge in [-0.05, 0) is 64.4 Å². The molecule has 2 N–H and O–H groups in total. The van der Waals surface area contributed by atoms with Crippen LogP contribution < -0.4 is 15.4 Å². The minimum Gasteiger partial charge on any atom is -0.491 e. The van der Waals surface area contributed by atoms with Crippen LogP contribution in [-0.2, 0) is 0 Å². The number of nitrogens with zero attached hydrogens (tertiary/aromatic N) is 3. The maximum Gasteiger partial charge on any atom is 0.274 e. The van der Waals surface area contributed by atoms with Crippen molar-refractivity contribution in [1.29, 1.82) is 0 Å². The van der Waals surface area contributed by atoms with Crippen LogP contribution in [0.4, 0.5) is 0 Å². The standard InChI is InChI=1S/C18H25N5O2/c1-12(2)25-16-8-6-15(7-9-16)23-13(3)17(21-22-23)18(24)20-14-5-4-10-19-11-14/h6-9,12,14,19H,4-5,10-11H2,1-3H3,(H,20,24). The molecule has 0 spiro atoms. The van der Waals surface area contributed by atoms with Gasteiger partial charge in [0.2, 0.25) is 0 Å². The number of carbonyl (C=O) groups is 1. The van der Waals surface area contributed by atoms with Crippen LogP contribution in [0.25, 0.3) is 5.69 Å². The third-order valence-electron chi connectivity index (χ3n) is 4.19. The molecule has 0 bridgehead atoms. The molecule has 1 fully saturated rings. The van der Waals surface area contributed by atoms with E-state index >= 15 is 0 Å². The van der Waals surface area contributed by atoms with E-state index in [4.69, 9.17) is 4.74 Å². The Morgan fingerprint density at radius 1 is 1.36 bits per heavy atom. The number of rotatable bonds is 5. The molecule has 1 amide bonds. The van der Waals surface area contributed by atoms with Gasteiger partial charge < -0.3 is 15.4 Å². The molecule has 1 aliphatic rings. The van der Waals surface area contributed by atoms with Crippen molar-refractivity contribution in [2.75, 3.05) is 13.1 Å². The SMILES string of the molecule is Cc1c(C(=O)NC2CCCNC2)nnn1-c1ccc(OC(C)C)cc1. The van der Waals surface area contributed by atoms with Gasteiger partial charge in [0.15, 0.2) is 5.69 Å². The second kappa shape index (κ2) is 7.65. The first-order chi connectivity index (χ1) is 12.0. The molecule has 1 aliphatic heterocycles. The average molecular weight is 343 g/mol. The Morgan fingerprint density at radius 3 is 2.76 bits per heavy atom. The molecular weight excluding hydrogens is 318 g/mol. The quantitative estimate of drug-likeness (QED) is 0.866. The molecule has 2 heterocycles. The smallest absolute Gasteiger partial charge is 0.274 e. The van der Waals surface area contributed by atoms with Crippen molar-refractivity contribution in [1.82, 2.24) is 25.6 Å². The lowest BCUT2D eigenvalue weighted by Gasteiger charge is -2.23. The fourth-order valence-electron chi connectivity index (χ4n) is 2.95. The van der Waals surface area contributed by atoms with Gasteiger partial charge in [0.1, 0.15) is 5.75 Å². The first-order valence-corrected chi connectivity index (χ1v) is 8.75. The zero-order valence-corrected chi connectivity index (χ0v) is 15.0. The maximum atomic E-state index is 12.5. The highest BCUT2D eigenvalue weighted by Crippen LogP contribution is 2.18. The summed E-state index contributed by atoms with van der Waals surface area (Å²) < 4.78 is 7.32. The topological polar surface area (TPSA) is 81.1 Å². The van der Waals surface area contributed by atoms with Gasteiger partial charge in [-0.2, -0.15) is 0 Å². The molecule has 1 aromatic carbocycles. The summed E-state index contributed by atoms with van der Waals surface area (Å²) in [5, 5.41) is 14.5. The van der Waals surface area contributed by atoms with Crippen LogP contribution in [0, 0.1) is 6.92 Å². The number of aromatic nitrogens is 3. The Balaban J connectivity index is 1.72. The number of amides is 1. The van der Waals surface area contributed by atoms with Crippen LogP contribution in [0.5, 0.6) is 5.75 Å². The van der Waals surface area contributed by atoms with Gasteiger partial charge in [-0.1, -0.05) is 5.21 Å². The predicted molar refractivity (Wildman–Crippen MR) is 95.2 cm³/mol. The molecule has 0 radical (unpaired) electrons. The highest BCUT2D eigenvalue weighted by atomic mass is 16.5. The van der Waals surface area contributed by atoms with Crippen LogP contribution in [0.1, 0.15) is 42.9 Å². The molecule has 0 aliphatic carbocycles. The van der Waals surface area contributed by atoms with Crippen molar-refractivity contribution in [3.05, 3.63) is 35.7 Å². The summed E-state index contributed by atoms with van der Waals surface area (Å²) in [5.74, 6) is 0.636. The Kier molecular flexibility index (Phi) is 5.33. The number of benzene rings is 1. The fourth-order valence-corrected chi connectivity index (χ4v) is 2.95. The Labute approximate surface area is 147 Å². The van der Waals surface area contributed by atoms with Crippen molar-refractivity contribution >= 4 is 5.91 Å². The van der Waals surface area contributed by atoms with E-state index in [0.717, 1.165) is 43.1 Å². The third-order valence-corrected chi connectivity index (χ3v) is 4.19. The first kappa shape index (κ1) is 17.4. The molecule has 3 rings (SSSR count). The van der Waals surface area contributed by atoms with Gasteiger partial charge in [-0.25, -0.2) is 4.68 Å². The normalized spacial score (nSPS) is 17.5. The van der Waals surface area contributed by atoms with E-state index in [0.29, 0.717) is 5.69 Å². The molecule has 0 saturated carbocycles. The first-order valence-electron chi connectivity index (χ1n) is 8.75. The summed E-state index contributed by atoms with van der Waals surface area (Å²) in [6.07, 6.45) is 2.19. The number of piperidine rings is 1.